The number of carbonyl (C=O) groups is 3. The van der Waals surface area contributed by atoms with Crippen molar-refractivity contribution in [1.29, 1.82) is 0 Å². The molecule has 0 aliphatic carbocycles. The standard InChI is InChI=1S/C18H36O2.C8H6O4.2Zn/c1-2-3-4-5-6-7-8-9-10-11-12-13-14-15-16-17-18(19)20;9-7(10)5-1-2-6(4-3-5)8(11)12;;/h2-17H2,1H3,(H,19,20);1-4H,(H,9,10)(H,11,12);;. The van der Waals surface area contributed by atoms with E-state index in [-0.39, 0.29) is 50.1 Å². The number of aliphatic carboxylic acids is 1. The van der Waals surface area contributed by atoms with E-state index in [4.69, 9.17) is 15.3 Å². The number of hydrogen-bond acceptors (Lipinski definition) is 3. The third-order valence-electron chi connectivity index (χ3n) is 5.37. The predicted molar refractivity (Wildman–Crippen MR) is 128 cm³/mol. The normalized spacial score (nSPS) is 9.68. The molecule has 0 saturated carbocycles. The number of rotatable bonds is 18. The Morgan fingerprint density at radius 3 is 1.03 bits per heavy atom. The van der Waals surface area contributed by atoms with E-state index in [0.29, 0.717) is 6.42 Å². The second kappa shape index (κ2) is 26.5. The Kier molecular flexibility index (Phi) is 29.1. The van der Waals surface area contributed by atoms with E-state index in [1.54, 1.807) is 0 Å². The summed E-state index contributed by atoms with van der Waals surface area (Å²) in [5, 5.41) is 25.5. The molecule has 0 fully saturated rings. The summed E-state index contributed by atoms with van der Waals surface area (Å²) >= 11 is 0. The molecule has 0 radical (unpaired) electrons. The molecule has 0 unspecified atom stereocenters. The molecule has 0 heterocycles. The average molecular weight is 581 g/mol. The van der Waals surface area contributed by atoms with Gasteiger partial charge in [-0.25, -0.2) is 9.59 Å². The molecule has 0 spiro atoms. The van der Waals surface area contributed by atoms with Crippen LogP contribution >= 0.6 is 0 Å². The minimum absolute atomic E-state index is 0. The summed E-state index contributed by atoms with van der Waals surface area (Å²) in [7, 11) is 0. The zero-order chi connectivity index (χ0) is 24.0. The number of hydrogen-bond donors (Lipinski definition) is 3. The largest absolute Gasteiger partial charge is 0.481 e. The monoisotopic (exact) mass is 578 g/mol. The first-order valence-electron chi connectivity index (χ1n) is 12.2. The molecule has 0 bridgehead atoms. The average Bonchev–Trinajstić information content (AvgIpc) is 2.76. The van der Waals surface area contributed by atoms with Crippen molar-refractivity contribution in [3.8, 4) is 0 Å². The van der Waals surface area contributed by atoms with Crippen molar-refractivity contribution < 1.29 is 68.7 Å². The third kappa shape index (κ3) is 24.0. The second-order valence-electron chi connectivity index (χ2n) is 8.28. The van der Waals surface area contributed by atoms with E-state index < -0.39 is 17.9 Å². The number of carboxylic acids is 3. The molecule has 1 aromatic rings. The summed E-state index contributed by atoms with van der Waals surface area (Å²) in [6.45, 7) is 2.27. The molecule has 34 heavy (non-hydrogen) atoms. The molecule has 6 nitrogen and oxygen atoms in total. The zero-order valence-corrected chi connectivity index (χ0v) is 27.0. The Hall–Kier alpha value is -1.12. The Labute approximate surface area is 230 Å². The number of carboxylic acid groups (broad SMARTS) is 3. The number of benzene rings is 1. The van der Waals surface area contributed by atoms with Crippen LogP contribution in [0.1, 0.15) is 130 Å². The number of unbranched alkanes of at least 4 members (excludes halogenated alkanes) is 14. The maximum atomic E-state index is 10.3. The van der Waals surface area contributed by atoms with Gasteiger partial charge in [0.15, 0.2) is 0 Å². The van der Waals surface area contributed by atoms with Gasteiger partial charge in [0.05, 0.1) is 11.1 Å². The zero-order valence-electron chi connectivity index (χ0n) is 21.1. The SMILES string of the molecule is CCCCCCCCCCCCCCCCCC(=O)O.O=C(O)c1ccc(C(=O)O)cc1.[Zn].[Zn]. The first kappa shape index (κ1) is 37.4. The molecule has 1 rings (SSSR count). The number of aromatic carboxylic acids is 2. The fraction of sp³-hybridized carbons (Fsp3) is 0.654. The first-order valence-corrected chi connectivity index (χ1v) is 12.2. The summed E-state index contributed by atoms with van der Waals surface area (Å²) in [6, 6.07) is 5.02. The molecule has 0 saturated heterocycles. The topological polar surface area (TPSA) is 112 Å². The van der Waals surface area contributed by atoms with Gasteiger partial charge in [-0.2, -0.15) is 0 Å². The summed E-state index contributed by atoms with van der Waals surface area (Å²) in [5.41, 5.74) is 0.167. The first-order chi connectivity index (χ1) is 15.4. The van der Waals surface area contributed by atoms with Crippen molar-refractivity contribution in [2.45, 2.75) is 110 Å². The van der Waals surface area contributed by atoms with Crippen LogP contribution in [0.3, 0.4) is 0 Å². The molecule has 0 aromatic heterocycles. The maximum absolute atomic E-state index is 10.3. The molecule has 0 aliphatic rings. The van der Waals surface area contributed by atoms with Crippen molar-refractivity contribution in [2.24, 2.45) is 0 Å². The molecule has 8 heteroatoms. The Bertz CT molecular complexity index is 602. The molecule has 1 aromatic carbocycles. The molecule has 0 amide bonds. The van der Waals surface area contributed by atoms with Crippen LogP contribution in [0, 0.1) is 0 Å². The summed E-state index contributed by atoms with van der Waals surface area (Å²) in [5.74, 6) is -2.78. The summed E-state index contributed by atoms with van der Waals surface area (Å²) in [4.78, 5) is 31.0. The van der Waals surface area contributed by atoms with Gasteiger partial charge in [0, 0.05) is 45.4 Å². The van der Waals surface area contributed by atoms with Gasteiger partial charge in [-0.1, -0.05) is 96.8 Å². The smallest absolute Gasteiger partial charge is 0.335 e. The van der Waals surface area contributed by atoms with Crippen LogP contribution in [0.4, 0.5) is 0 Å². The van der Waals surface area contributed by atoms with Crippen LogP contribution in [0.2, 0.25) is 0 Å². The van der Waals surface area contributed by atoms with E-state index in [1.165, 1.54) is 108 Å². The Morgan fingerprint density at radius 2 is 0.794 bits per heavy atom. The fourth-order valence-electron chi connectivity index (χ4n) is 3.40. The molecule has 0 atom stereocenters. The quantitative estimate of drug-likeness (QED) is 0.123. The van der Waals surface area contributed by atoms with Crippen LogP contribution < -0.4 is 0 Å². The van der Waals surface area contributed by atoms with Gasteiger partial charge in [-0.3, -0.25) is 4.79 Å². The van der Waals surface area contributed by atoms with E-state index in [9.17, 15) is 14.4 Å². The van der Waals surface area contributed by atoms with Crippen LogP contribution in [0.25, 0.3) is 0 Å². The Balaban J connectivity index is -0.000000590. The van der Waals surface area contributed by atoms with Crippen molar-refractivity contribution in [1.82, 2.24) is 0 Å². The molecular weight excluding hydrogens is 539 g/mol. The maximum Gasteiger partial charge on any atom is 0.335 e. The van der Waals surface area contributed by atoms with Crippen LogP contribution in [-0.2, 0) is 43.8 Å². The van der Waals surface area contributed by atoms with Crippen LogP contribution in [0.5, 0.6) is 0 Å². The van der Waals surface area contributed by atoms with Gasteiger partial charge < -0.3 is 15.3 Å². The van der Waals surface area contributed by atoms with Gasteiger partial charge in [0.25, 0.3) is 0 Å². The fourth-order valence-corrected chi connectivity index (χ4v) is 3.40. The molecular formula is C26H42O6Zn2. The molecule has 3 N–H and O–H groups in total. The third-order valence-corrected chi connectivity index (χ3v) is 5.37. The van der Waals surface area contributed by atoms with Gasteiger partial charge >= 0.3 is 17.9 Å². The van der Waals surface area contributed by atoms with Gasteiger partial charge in [0.1, 0.15) is 0 Å². The van der Waals surface area contributed by atoms with Gasteiger partial charge in [-0.15, -0.1) is 0 Å². The van der Waals surface area contributed by atoms with Crippen molar-refractivity contribution in [3.63, 3.8) is 0 Å². The molecule has 0 aliphatic heterocycles. The summed E-state index contributed by atoms with van der Waals surface area (Å²) < 4.78 is 0. The van der Waals surface area contributed by atoms with E-state index >= 15 is 0 Å². The van der Waals surface area contributed by atoms with E-state index in [1.807, 2.05) is 0 Å². The minimum atomic E-state index is -1.06. The van der Waals surface area contributed by atoms with Crippen LogP contribution in [0.15, 0.2) is 24.3 Å². The second-order valence-corrected chi connectivity index (χ2v) is 8.28. The predicted octanol–water partition coefficient (Wildman–Crippen LogP) is 7.41. The molecule has 186 valence electrons. The van der Waals surface area contributed by atoms with Crippen molar-refractivity contribution in [3.05, 3.63) is 35.4 Å². The van der Waals surface area contributed by atoms with Crippen LogP contribution in [-0.4, -0.2) is 33.2 Å². The van der Waals surface area contributed by atoms with E-state index in [2.05, 4.69) is 6.92 Å². The Morgan fingerprint density at radius 1 is 0.529 bits per heavy atom. The van der Waals surface area contributed by atoms with Gasteiger partial charge in [-0.05, 0) is 30.7 Å². The van der Waals surface area contributed by atoms with E-state index in [0.717, 1.165) is 12.8 Å². The summed E-state index contributed by atoms with van der Waals surface area (Å²) in [6.07, 6.45) is 20.2. The van der Waals surface area contributed by atoms with Crippen molar-refractivity contribution >= 4 is 17.9 Å². The minimum Gasteiger partial charge on any atom is -0.481 e. The van der Waals surface area contributed by atoms with Gasteiger partial charge in [0.2, 0.25) is 0 Å². The van der Waals surface area contributed by atoms with Crippen molar-refractivity contribution in [2.75, 3.05) is 0 Å².